The molecule has 0 aliphatic carbocycles. The smallest absolute Gasteiger partial charge is 0.331 e. The maximum atomic E-state index is 12.1. The summed E-state index contributed by atoms with van der Waals surface area (Å²) in [6.45, 7) is 17.3. The van der Waals surface area contributed by atoms with Crippen molar-refractivity contribution in [1.82, 2.24) is 0 Å². The summed E-state index contributed by atoms with van der Waals surface area (Å²) in [6.07, 6.45) is 1.76. The molecule has 3 nitrogen and oxygen atoms in total. The third-order valence-electron chi connectivity index (χ3n) is 4.98. The third-order valence-corrected chi connectivity index (χ3v) is 12.3. The van der Waals surface area contributed by atoms with E-state index in [1.165, 1.54) is 5.19 Å². The quantitative estimate of drug-likeness (QED) is 0.512. The summed E-state index contributed by atoms with van der Waals surface area (Å²) in [4.78, 5) is 12.1. The number of esters is 1. The Bertz CT molecular complexity index is 587. The summed E-state index contributed by atoms with van der Waals surface area (Å²) < 4.78 is 11.4. The Morgan fingerprint density at radius 3 is 2.20 bits per heavy atom. The van der Waals surface area contributed by atoms with Crippen LogP contribution >= 0.6 is 0 Å². The summed E-state index contributed by atoms with van der Waals surface area (Å²) >= 11 is 0. The lowest BCUT2D eigenvalue weighted by atomic mass is 10.2. The van der Waals surface area contributed by atoms with Crippen molar-refractivity contribution in [2.45, 2.75) is 65.0 Å². The number of benzene rings is 1. The summed E-state index contributed by atoms with van der Waals surface area (Å²) in [5.41, 5.74) is 2.23. The van der Waals surface area contributed by atoms with E-state index in [-0.39, 0.29) is 23.7 Å². The summed E-state index contributed by atoms with van der Waals surface area (Å²) in [7, 11) is -3.59. The molecule has 0 spiro atoms. The molecule has 1 aromatic carbocycles. The van der Waals surface area contributed by atoms with Crippen LogP contribution in [-0.4, -0.2) is 35.1 Å². The fourth-order valence-corrected chi connectivity index (χ4v) is 4.98. The normalized spacial score (nSPS) is 14.6. The van der Waals surface area contributed by atoms with Gasteiger partial charge in [0.15, 0.2) is 8.32 Å². The zero-order chi connectivity index (χ0) is 19.3. The molecule has 0 aliphatic heterocycles. The first kappa shape index (κ1) is 21.9. The molecule has 1 atom stereocenters. The third kappa shape index (κ3) is 6.92. The number of carbonyl (C=O) groups is 1. The van der Waals surface area contributed by atoms with Crippen LogP contribution in [0.15, 0.2) is 42.1 Å². The Labute approximate surface area is 155 Å². The van der Waals surface area contributed by atoms with E-state index in [1.807, 2.05) is 19.1 Å². The molecule has 140 valence electrons. The zero-order valence-electron chi connectivity index (χ0n) is 17.1. The second kappa shape index (κ2) is 8.47. The van der Waals surface area contributed by atoms with Crippen LogP contribution in [0.4, 0.5) is 0 Å². The Kier molecular flexibility index (Phi) is 7.41. The Hall–Kier alpha value is -1.18. The van der Waals surface area contributed by atoms with Crippen LogP contribution < -0.4 is 5.19 Å². The SMILES string of the molecule is C[C@H](/C=C/[Si](C)(C)c1ccccc1)OC(=O)CO[Si](C)(C)C(C)(C)C. The molecule has 1 aromatic rings. The monoisotopic (exact) mass is 378 g/mol. The second-order valence-electron chi connectivity index (χ2n) is 8.69. The maximum Gasteiger partial charge on any atom is 0.331 e. The van der Waals surface area contributed by atoms with E-state index in [2.05, 4.69) is 76.9 Å². The molecule has 0 aromatic heterocycles. The van der Waals surface area contributed by atoms with Gasteiger partial charge >= 0.3 is 5.97 Å². The van der Waals surface area contributed by atoms with Gasteiger partial charge in [-0.25, -0.2) is 4.79 Å². The number of hydrogen-bond donors (Lipinski definition) is 0. The van der Waals surface area contributed by atoms with Crippen molar-refractivity contribution in [3.05, 3.63) is 42.1 Å². The molecule has 0 fully saturated rings. The van der Waals surface area contributed by atoms with Crippen LogP contribution in [0.25, 0.3) is 0 Å². The minimum absolute atomic E-state index is 0.0359. The highest BCUT2D eigenvalue weighted by Gasteiger charge is 2.37. The molecule has 25 heavy (non-hydrogen) atoms. The van der Waals surface area contributed by atoms with Gasteiger partial charge in [0, 0.05) is 0 Å². The molecule has 0 bridgehead atoms. The van der Waals surface area contributed by atoms with Crippen molar-refractivity contribution in [1.29, 1.82) is 0 Å². The lowest BCUT2D eigenvalue weighted by Gasteiger charge is -2.35. The van der Waals surface area contributed by atoms with Gasteiger partial charge in [-0.15, -0.1) is 0 Å². The maximum absolute atomic E-state index is 12.1. The number of rotatable bonds is 7. The number of hydrogen-bond acceptors (Lipinski definition) is 3. The Morgan fingerprint density at radius 1 is 1.12 bits per heavy atom. The molecule has 0 heterocycles. The minimum atomic E-state index is -1.92. The fourth-order valence-electron chi connectivity index (χ4n) is 2.08. The lowest BCUT2D eigenvalue weighted by Crippen LogP contribution is -2.42. The van der Waals surface area contributed by atoms with Gasteiger partial charge in [-0.1, -0.05) is 81.2 Å². The van der Waals surface area contributed by atoms with Gasteiger partial charge in [-0.05, 0) is 25.1 Å². The van der Waals surface area contributed by atoms with Gasteiger partial charge in [0.25, 0.3) is 0 Å². The molecule has 0 saturated carbocycles. The Morgan fingerprint density at radius 2 is 1.68 bits per heavy atom. The summed E-state index contributed by atoms with van der Waals surface area (Å²) in [5.74, 6) is -0.291. The van der Waals surface area contributed by atoms with Crippen LogP contribution in [0, 0.1) is 0 Å². The number of ether oxygens (including phenoxy) is 1. The van der Waals surface area contributed by atoms with E-state index in [1.54, 1.807) is 0 Å². The van der Waals surface area contributed by atoms with Crippen molar-refractivity contribution < 1.29 is 14.0 Å². The fraction of sp³-hybridized carbons (Fsp3) is 0.550. The van der Waals surface area contributed by atoms with Crippen LogP contribution in [-0.2, 0) is 14.0 Å². The molecular weight excluding hydrogens is 344 g/mol. The lowest BCUT2D eigenvalue weighted by molar-refractivity contribution is -0.148. The summed E-state index contributed by atoms with van der Waals surface area (Å²) in [5, 5.41) is 1.45. The van der Waals surface area contributed by atoms with Gasteiger partial charge in [0.2, 0.25) is 0 Å². The van der Waals surface area contributed by atoms with E-state index in [0.717, 1.165) is 0 Å². The molecular formula is C20H34O3Si2. The molecule has 0 radical (unpaired) electrons. The first-order valence-electron chi connectivity index (χ1n) is 8.93. The first-order chi connectivity index (χ1) is 11.3. The van der Waals surface area contributed by atoms with Crippen molar-refractivity contribution in [3.63, 3.8) is 0 Å². The van der Waals surface area contributed by atoms with Crippen LogP contribution in [0.3, 0.4) is 0 Å². The van der Waals surface area contributed by atoms with Gasteiger partial charge in [-0.3, -0.25) is 0 Å². The Balaban J connectivity index is 2.56. The van der Waals surface area contributed by atoms with Gasteiger partial charge in [0.05, 0.1) is 0 Å². The van der Waals surface area contributed by atoms with E-state index < -0.39 is 16.4 Å². The molecule has 0 aliphatic rings. The molecule has 0 unspecified atom stereocenters. The molecule has 0 N–H and O–H groups in total. The van der Waals surface area contributed by atoms with Crippen molar-refractivity contribution in [2.75, 3.05) is 6.61 Å². The minimum Gasteiger partial charge on any atom is -0.457 e. The van der Waals surface area contributed by atoms with Crippen LogP contribution in [0.2, 0.25) is 31.2 Å². The van der Waals surface area contributed by atoms with E-state index in [0.29, 0.717) is 0 Å². The number of carbonyl (C=O) groups excluding carboxylic acids is 1. The average molecular weight is 379 g/mol. The van der Waals surface area contributed by atoms with Crippen LogP contribution in [0.5, 0.6) is 0 Å². The zero-order valence-corrected chi connectivity index (χ0v) is 19.1. The highest BCUT2D eigenvalue weighted by molar-refractivity contribution is 6.93. The predicted octanol–water partition coefficient (Wildman–Crippen LogP) is 4.65. The predicted molar refractivity (Wildman–Crippen MR) is 111 cm³/mol. The first-order valence-corrected chi connectivity index (χ1v) is 14.9. The van der Waals surface area contributed by atoms with E-state index in [9.17, 15) is 4.79 Å². The van der Waals surface area contributed by atoms with Crippen molar-refractivity contribution in [3.8, 4) is 0 Å². The van der Waals surface area contributed by atoms with E-state index in [4.69, 9.17) is 9.16 Å². The van der Waals surface area contributed by atoms with Gasteiger partial charge < -0.3 is 9.16 Å². The standard InChI is InChI=1S/C20H34O3Si2/c1-17(14-15-24(5,6)18-12-10-9-11-13-18)23-19(21)16-22-25(7,8)20(2,3)4/h9-15,17H,16H2,1-8H3/b15-14+/t17-/m1/s1. The average Bonchev–Trinajstić information content (AvgIpc) is 2.51. The van der Waals surface area contributed by atoms with Crippen molar-refractivity contribution >= 4 is 27.5 Å². The van der Waals surface area contributed by atoms with Gasteiger partial charge in [0.1, 0.15) is 20.8 Å². The van der Waals surface area contributed by atoms with Crippen LogP contribution in [0.1, 0.15) is 27.7 Å². The highest BCUT2D eigenvalue weighted by atomic mass is 28.4. The van der Waals surface area contributed by atoms with Gasteiger partial charge in [-0.2, -0.15) is 0 Å². The topological polar surface area (TPSA) is 35.5 Å². The van der Waals surface area contributed by atoms with E-state index >= 15 is 0 Å². The molecule has 5 heteroatoms. The van der Waals surface area contributed by atoms with Crippen molar-refractivity contribution in [2.24, 2.45) is 0 Å². The summed E-state index contributed by atoms with van der Waals surface area (Å²) in [6, 6.07) is 10.5. The molecule has 1 rings (SSSR count). The largest absolute Gasteiger partial charge is 0.457 e. The second-order valence-corrected chi connectivity index (χ2v) is 17.9. The molecule has 0 amide bonds. The molecule has 0 saturated heterocycles. The highest BCUT2D eigenvalue weighted by Crippen LogP contribution is 2.36.